The van der Waals surface area contributed by atoms with Crippen molar-refractivity contribution in [2.45, 2.75) is 32.6 Å². The van der Waals surface area contributed by atoms with Crippen molar-refractivity contribution in [2.75, 3.05) is 36.4 Å². The fraction of sp³-hybridized carbons (Fsp3) is 0.423. The van der Waals surface area contributed by atoms with Gasteiger partial charge in [0.05, 0.1) is 23.1 Å². The molecule has 0 unspecified atom stereocenters. The molecule has 2 aliphatic rings. The molecule has 2 fully saturated rings. The fourth-order valence-corrected chi connectivity index (χ4v) is 4.89. The molecule has 0 bridgehead atoms. The molecular formula is C26H31N3O4. The van der Waals surface area contributed by atoms with Gasteiger partial charge in [0.15, 0.2) is 0 Å². The lowest BCUT2D eigenvalue weighted by Gasteiger charge is -2.36. The maximum absolute atomic E-state index is 13.4. The Morgan fingerprint density at radius 2 is 1.58 bits per heavy atom. The lowest BCUT2D eigenvalue weighted by atomic mass is 9.78. The predicted molar refractivity (Wildman–Crippen MR) is 127 cm³/mol. The van der Waals surface area contributed by atoms with Crippen molar-refractivity contribution in [1.29, 1.82) is 0 Å². The van der Waals surface area contributed by atoms with Gasteiger partial charge in [-0.15, -0.1) is 0 Å². The summed E-state index contributed by atoms with van der Waals surface area (Å²) in [6.45, 7) is 4.59. The quantitative estimate of drug-likeness (QED) is 0.725. The first-order chi connectivity index (χ1) is 15.9. The van der Waals surface area contributed by atoms with Gasteiger partial charge in [-0.3, -0.25) is 14.4 Å². The average molecular weight is 450 g/mol. The van der Waals surface area contributed by atoms with Crippen molar-refractivity contribution in [3.05, 3.63) is 59.7 Å². The number of hydrogen-bond donors (Lipinski definition) is 2. The van der Waals surface area contributed by atoms with E-state index in [1.165, 1.54) is 0 Å². The Balaban J connectivity index is 1.47. The Morgan fingerprint density at radius 3 is 2.24 bits per heavy atom. The van der Waals surface area contributed by atoms with E-state index in [2.05, 4.69) is 22.3 Å². The molecule has 7 nitrogen and oxygen atoms in total. The highest BCUT2D eigenvalue weighted by Gasteiger charge is 2.36. The monoisotopic (exact) mass is 449 g/mol. The number of aryl methyl sites for hydroxylation is 1. The molecule has 2 N–H and O–H groups in total. The summed E-state index contributed by atoms with van der Waals surface area (Å²) in [5.74, 6) is -2.59. The number of carbonyl (C=O) groups excluding carboxylic acids is 2. The highest BCUT2D eigenvalue weighted by Crippen LogP contribution is 2.32. The Kier molecular flexibility index (Phi) is 6.96. The van der Waals surface area contributed by atoms with Crippen molar-refractivity contribution in [3.63, 3.8) is 0 Å². The van der Waals surface area contributed by atoms with Crippen LogP contribution in [0.4, 0.5) is 11.4 Å². The van der Waals surface area contributed by atoms with Gasteiger partial charge >= 0.3 is 5.97 Å². The zero-order valence-electron chi connectivity index (χ0n) is 19.0. The van der Waals surface area contributed by atoms with E-state index in [0.717, 1.165) is 37.2 Å². The van der Waals surface area contributed by atoms with E-state index in [9.17, 15) is 19.5 Å². The number of nitrogens with zero attached hydrogens (tertiary/aromatic N) is 2. The SMILES string of the molecule is Cc1ccc(NC(=O)[C@H]2CCCC[C@H]2C(=O)O)c(C(=O)N2CCN(c3ccccc3)CC2)c1. The molecule has 1 saturated carbocycles. The van der Waals surface area contributed by atoms with Gasteiger partial charge in [-0.1, -0.05) is 42.7 Å². The molecule has 174 valence electrons. The van der Waals surface area contributed by atoms with Crippen LogP contribution in [0.5, 0.6) is 0 Å². The summed E-state index contributed by atoms with van der Waals surface area (Å²) in [5, 5.41) is 12.4. The second-order valence-corrected chi connectivity index (χ2v) is 8.99. The predicted octanol–water partition coefficient (Wildman–Crippen LogP) is 3.79. The molecule has 2 atom stereocenters. The van der Waals surface area contributed by atoms with Gasteiger partial charge in [0.25, 0.3) is 5.91 Å². The number of carboxylic acid groups (broad SMARTS) is 1. The van der Waals surface area contributed by atoms with Gasteiger partial charge in [0.2, 0.25) is 5.91 Å². The summed E-state index contributed by atoms with van der Waals surface area (Å²) in [7, 11) is 0. The highest BCUT2D eigenvalue weighted by molar-refractivity contribution is 6.05. The minimum absolute atomic E-state index is 0.111. The zero-order chi connectivity index (χ0) is 23.4. The number of aliphatic carboxylic acids is 1. The maximum atomic E-state index is 13.4. The van der Waals surface area contributed by atoms with Crippen molar-refractivity contribution in [2.24, 2.45) is 11.8 Å². The Hall–Kier alpha value is -3.35. The second-order valence-electron chi connectivity index (χ2n) is 8.99. The van der Waals surface area contributed by atoms with Gasteiger partial charge in [-0.05, 0) is 44.0 Å². The normalized spacial score (nSPS) is 20.9. The summed E-state index contributed by atoms with van der Waals surface area (Å²) in [5.41, 5.74) is 2.99. The number of nitrogens with one attached hydrogen (secondary N) is 1. The molecule has 4 rings (SSSR count). The molecule has 1 saturated heterocycles. The first kappa shape index (κ1) is 22.8. The van der Waals surface area contributed by atoms with E-state index in [1.54, 1.807) is 12.1 Å². The number of benzene rings is 2. The molecule has 1 heterocycles. The molecule has 1 aliphatic carbocycles. The van der Waals surface area contributed by atoms with Crippen LogP contribution in [0.3, 0.4) is 0 Å². The number of amides is 2. The lowest BCUT2D eigenvalue weighted by Crippen LogP contribution is -2.49. The van der Waals surface area contributed by atoms with E-state index in [0.29, 0.717) is 37.2 Å². The molecule has 0 spiro atoms. The van der Waals surface area contributed by atoms with Crippen LogP contribution in [0.2, 0.25) is 0 Å². The van der Waals surface area contributed by atoms with Crippen LogP contribution < -0.4 is 10.2 Å². The van der Waals surface area contributed by atoms with E-state index in [1.807, 2.05) is 36.1 Å². The number of hydrogen-bond acceptors (Lipinski definition) is 4. The van der Waals surface area contributed by atoms with Crippen LogP contribution in [0.25, 0.3) is 0 Å². The molecule has 2 aromatic carbocycles. The van der Waals surface area contributed by atoms with Gasteiger partial charge in [0.1, 0.15) is 0 Å². The Bertz CT molecular complexity index is 1020. The third-order valence-electron chi connectivity index (χ3n) is 6.77. The zero-order valence-corrected chi connectivity index (χ0v) is 19.0. The van der Waals surface area contributed by atoms with E-state index in [4.69, 9.17) is 0 Å². The lowest BCUT2D eigenvalue weighted by molar-refractivity contribution is -0.147. The number of carboxylic acids is 1. The molecule has 0 radical (unpaired) electrons. The largest absolute Gasteiger partial charge is 0.481 e. The van der Waals surface area contributed by atoms with Crippen LogP contribution in [-0.4, -0.2) is 54.0 Å². The van der Waals surface area contributed by atoms with E-state index >= 15 is 0 Å². The van der Waals surface area contributed by atoms with Crippen LogP contribution in [0.1, 0.15) is 41.6 Å². The average Bonchev–Trinajstić information content (AvgIpc) is 2.85. The third kappa shape index (κ3) is 5.18. The summed E-state index contributed by atoms with van der Waals surface area (Å²) >= 11 is 0. The van der Waals surface area contributed by atoms with Gasteiger partial charge in [0, 0.05) is 31.9 Å². The van der Waals surface area contributed by atoms with Gasteiger partial charge in [-0.25, -0.2) is 0 Å². The summed E-state index contributed by atoms with van der Waals surface area (Å²) in [6, 6.07) is 15.6. The van der Waals surface area contributed by atoms with Crippen LogP contribution in [0, 0.1) is 18.8 Å². The van der Waals surface area contributed by atoms with E-state index < -0.39 is 17.8 Å². The maximum Gasteiger partial charge on any atom is 0.307 e. The van der Waals surface area contributed by atoms with Gasteiger partial charge in [-0.2, -0.15) is 0 Å². The van der Waals surface area contributed by atoms with Gasteiger partial charge < -0.3 is 20.2 Å². The smallest absolute Gasteiger partial charge is 0.307 e. The number of piperazine rings is 1. The Labute approximate surface area is 194 Å². The second kappa shape index (κ2) is 10.1. The molecule has 0 aromatic heterocycles. The Morgan fingerprint density at radius 1 is 0.909 bits per heavy atom. The standard InChI is InChI=1S/C26H31N3O4/c1-18-11-12-23(27-24(30)20-9-5-6-10-21(20)26(32)33)22(17-18)25(31)29-15-13-28(14-16-29)19-7-3-2-4-8-19/h2-4,7-8,11-12,17,20-21H,5-6,9-10,13-16H2,1H3,(H,27,30)(H,32,33)/t20-,21+/m0/s1. The van der Waals surface area contributed by atoms with Crippen LogP contribution in [-0.2, 0) is 9.59 Å². The number of para-hydroxylation sites is 1. The van der Waals surface area contributed by atoms with Crippen LogP contribution in [0.15, 0.2) is 48.5 Å². The minimum Gasteiger partial charge on any atom is -0.481 e. The number of carbonyl (C=O) groups is 3. The molecule has 2 aromatic rings. The summed E-state index contributed by atoms with van der Waals surface area (Å²) in [4.78, 5) is 42.1. The molecule has 2 amide bonds. The van der Waals surface area contributed by atoms with Crippen molar-refractivity contribution < 1.29 is 19.5 Å². The van der Waals surface area contributed by atoms with Crippen LogP contribution >= 0.6 is 0 Å². The first-order valence-electron chi connectivity index (χ1n) is 11.7. The fourth-order valence-electron chi connectivity index (χ4n) is 4.89. The van der Waals surface area contributed by atoms with Crippen molar-refractivity contribution >= 4 is 29.2 Å². The molecular weight excluding hydrogens is 418 g/mol. The third-order valence-corrected chi connectivity index (χ3v) is 6.77. The first-order valence-corrected chi connectivity index (χ1v) is 11.7. The van der Waals surface area contributed by atoms with Crippen molar-refractivity contribution in [1.82, 2.24) is 4.90 Å². The topological polar surface area (TPSA) is 89.9 Å². The number of rotatable bonds is 5. The number of anilines is 2. The highest BCUT2D eigenvalue weighted by atomic mass is 16.4. The molecule has 33 heavy (non-hydrogen) atoms. The minimum atomic E-state index is -0.925. The summed E-state index contributed by atoms with van der Waals surface area (Å²) in [6.07, 6.45) is 2.73. The molecule has 1 aliphatic heterocycles. The van der Waals surface area contributed by atoms with E-state index in [-0.39, 0.29) is 11.8 Å². The molecule has 7 heteroatoms. The van der Waals surface area contributed by atoms with Crippen molar-refractivity contribution in [3.8, 4) is 0 Å². The summed E-state index contributed by atoms with van der Waals surface area (Å²) < 4.78 is 0.